The van der Waals surface area contributed by atoms with Crippen LogP contribution in [0, 0.1) is 0 Å². The first-order chi connectivity index (χ1) is 8.80. The van der Waals surface area contributed by atoms with E-state index in [0.29, 0.717) is 13.2 Å². The molecule has 0 unspecified atom stereocenters. The number of ether oxygens (including phenoxy) is 1. The maximum atomic E-state index is 5.65. The third-order valence-corrected chi connectivity index (χ3v) is 3.34. The summed E-state index contributed by atoms with van der Waals surface area (Å²) in [6.45, 7) is 0.809. The average molecular weight is 264 g/mol. The van der Waals surface area contributed by atoms with Crippen LogP contribution in [0.1, 0.15) is 11.4 Å². The number of nitrogens with zero attached hydrogens (tertiary/aromatic N) is 3. The molecule has 2 aromatic rings. The van der Waals surface area contributed by atoms with Crippen molar-refractivity contribution in [1.82, 2.24) is 15.0 Å². The first-order valence-corrected chi connectivity index (χ1v) is 6.79. The van der Waals surface area contributed by atoms with E-state index in [4.69, 9.17) is 10.5 Å². The van der Waals surface area contributed by atoms with Crippen molar-refractivity contribution in [2.45, 2.75) is 18.0 Å². The Morgan fingerprint density at radius 3 is 2.94 bits per heavy atom. The van der Waals surface area contributed by atoms with E-state index in [1.165, 1.54) is 4.90 Å². The third-order valence-electron chi connectivity index (χ3n) is 2.62. The molecule has 5 nitrogen and oxygen atoms in total. The second-order valence-electron chi connectivity index (χ2n) is 3.73. The Morgan fingerprint density at radius 1 is 1.44 bits per heavy atom. The van der Waals surface area contributed by atoms with Crippen LogP contribution in [0.15, 0.2) is 29.2 Å². The van der Waals surface area contributed by atoms with E-state index in [-0.39, 0.29) is 0 Å². The molecule has 0 aliphatic heterocycles. The molecule has 0 saturated heterocycles. The summed E-state index contributed by atoms with van der Waals surface area (Å²) in [7, 11) is 1.65. The van der Waals surface area contributed by atoms with Crippen LogP contribution in [0.2, 0.25) is 0 Å². The topological polar surface area (TPSA) is 66.0 Å². The van der Waals surface area contributed by atoms with E-state index in [1.807, 2.05) is 18.4 Å². The molecule has 96 valence electrons. The first kappa shape index (κ1) is 13.1. The zero-order chi connectivity index (χ0) is 13.0. The van der Waals surface area contributed by atoms with Crippen LogP contribution in [0.25, 0.3) is 5.69 Å². The van der Waals surface area contributed by atoms with Crippen LogP contribution < -0.4 is 5.73 Å². The molecule has 0 saturated carbocycles. The lowest BCUT2D eigenvalue weighted by atomic mass is 10.3. The highest BCUT2D eigenvalue weighted by Gasteiger charge is 2.12. The maximum Gasteiger partial charge on any atom is 0.102 e. The van der Waals surface area contributed by atoms with E-state index >= 15 is 0 Å². The van der Waals surface area contributed by atoms with Crippen molar-refractivity contribution >= 4 is 11.8 Å². The summed E-state index contributed by atoms with van der Waals surface area (Å²) in [5, 5.41) is 8.23. The standard InChI is InChI=1S/C12H16N4OS/c1-17-8-12-11(7-13)14-15-16(12)9-4-3-5-10(6-9)18-2/h3-6H,7-8,13H2,1-2H3. The summed E-state index contributed by atoms with van der Waals surface area (Å²) in [5.41, 5.74) is 8.30. The van der Waals surface area contributed by atoms with Crippen molar-refractivity contribution in [3.05, 3.63) is 35.7 Å². The molecule has 0 radical (unpaired) electrons. The van der Waals surface area contributed by atoms with Crippen molar-refractivity contribution in [1.29, 1.82) is 0 Å². The van der Waals surface area contributed by atoms with E-state index < -0.39 is 0 Å². The molecule has 1 heterocycles. The lowest BCUT2D eigenvalue weighted by molar-refractivity contribution is 0.178. The highest BCUT2D eigenvalue weighted by molar-refractivity contribution is 7.98. The molecule has 0 amide bonds. The van der Waals surface area contributed by atoms with Crippen LogP contribution >= 0.6 is 11.8 Å². The number of methoxy groups -OCH3 is 1. The average Bonchev–Trinajstić information content (AvgIpc) is 2.82. The van der Waals surface area contributed by atoms with E-state index in [0.717, 1.165) is 17.1 Å². The van der Waals surface area contributed by atoms with Gasteiger partial charge in [-0.3, -0.25) is 0 Å². The fourth-order valence-corrected chi connectivity index (χ4v) is 2.18. The van der Waals surface area contributed by atoms with Crippen molar-refractivity contribution in [3.63, 3.8) is 0 Å². The van der Waals surface area contributed by atoms with Gasteiger partial charge >= 0.3 is 0 Å². The number of benzene rings is 1. The fourth-order valence-electron chi connectivity index (χ4n) is 1.72. The zero-order valence-corrected chi connectivity index (χ0v) is 11.3. The Hall–Kier alpha value is -1.37. The van der Waals surface area contributed by atoms with E-state index in [9.17, 15) is 0 Å². The highest BCUT2D eigenvalue weighted by Crippen LogP contribution is 2.20. The molecule has 0 aliphatic carbocycles. The number of hydrogen-bond acceptors (Lipinski definition) is 5. The second-order valence-corrected chi connectivity index (χ2v) is 4.61. The normalized spacial score (nSPS) is 10.8. The van der Waals surface area contributed by atoms with Gasteiger partial charge in [-0.2, -0.15) is 0 Å². The molecule has 1 aromatic heterocycles. The minimum atomic E-state index is 0.362. The maximum absolute atomic E-state index is 5.65. The minimum Gasteiger partial charge on any atom is -0.378 e. The molecule has 6 heteroatoms. The van der Waals surface area contributed by atoms with Gasteiger partial charge in [-0.15, -0.1) is 16.9 Å². The zero-order valence-electron chi connectivity index (χ0n) is 10.5. The summed E-state index contributed by atoms with van der Waals surface area (Å²) in [6.07, 6.45) is 2.04. The summed E-state index contributed by atoms with van der Waals surface area (Å²) in [4.78, 5) is 1.18. The first-order valence-electron chi connectivity index (χ1n) is 5.57. The predicted octanol–water partition coefficient (Wildman–Crippen LogP) is 1.59. The monoisotopic (exact) mass is 264 g/mol. The van der Waals surface area contributed by atoms with Gasteiger partial charge in [-0.05, 0) is 24.5 Å². The Balaban J connectivity index is 2.45. The molecular formula is C12H16N4OS. The van der Waals surface area contributed by atoms with Crippen LogP contribution in [0.4, 0.5) is 0 Å². The van der Waals surface area contributed by atoms with Crippen molar-refractivity contribution in [2.24, 2.45) is 5.73 Å². The van der Waals surface area contributed by atoms with Crippen LogP contribution in [0.3, 0.4) is 0 Å². The van der Waals surface area contributed by atoms with Gasteiger partial charge in [0.1, 0.15) is 5.69 Å². The molecule has 0 spiro atoms. The minimum absolute atomic E-state index is 0.362. The van der Waals surface area contributed by atoms with Crippen molar-refractivity contribution in [3.8, 4) is 5.69 Å². The Morgan fingerprint density at radius 2 is 2.28 bits per heavy atom. The molecule has 0 bridgehead atoms. The number of thioether (sulfide) groups is 1. The quantitative estimate of drug-likeness (QED) is 0.831. The molecule has 18 heavy (non-hydrogen) atoms. The smallest absolute Gasteiger partial charge is 0.102 e. The van der Waals surface area contributed by atoms with Gasteiger partial charge in [0.2, 0.25) is 0 Å². The predicted molar refractivity (Wildman–Crippen MR) is 71.7 cm³/mol. The van der Waals surface area contributed by atoms with Gasteiger partial charge in [0.05, 0.1) is 18.0 Å². The molecular weight excluding hydrogens is 248 g/mol. The van der Waals surface area contributed by atoms with Gasteiger partial charge in [0, 0.05) is 18.6 Å². The molecule has 2 rings (SSSR count). The summed E-state index contributed by atoms with van der Waals surface area (Å²) < 4.78 is 6.97. The lowest BCUT2D eigenvalue weighted by Gasteiger charge is -2.07. The van der Waals surface area contributed by atoms with Crippen molar-refractivity contribution < 1.29 is 4.74 Å². The Bertz CT molecular complexity index is 527. The van der Waals surface area contributed by atoms with Crippen LogP contribution in [0.5, 0.6) is 0 Å². The van der Waals surface area contributed by atoms with Gasteiger partial charge in [-0.1, -0.05) is 11.3 Å². The number of nitrogens with two attached hydrogens (primary N) is 1. The molecule has 0 aliphatic rings. The lowest BCUT2D eigenvalue weighted by Crippen LogP contribution is -2.07. The summed E-state index contributed by atoms with van der Waals surface area (Å²) in [6, 6.07) is 8.12. The fraction of sp³-hybridized carbons (Fsp3) is 0.333. The molecule has 2 N–H and O–H groups in total. The summed E-state index contributed by atoms with van der Waals surface area (Å²) >= 11 is 1.69. The van der Waals surface area contributed by atoms with Crippen LogP contribution in [-0.2, 0) is 17.9 Å². The van der Waals surface area contributed by atoms with E-state index in [2.05, 4.69) is 22.4 Å². The number of rotatable bonds is 5. The van der Waals surface area contributed by atoms with Gasteiger partial charge < -0.3 is 10.5 Å². The molecule has 1 aromatic carbocycles. The summed E-state index contributed by atoms with van der Waals surface area (Å²) in [5.74, 6) is 0. The van der Waals surface area contributed by atoms with E-state index in [1.54, 1.807) is 23.6 Å². The number of aromatic nitrogens is 3. The molecule has 0 fully saturated rings. The molecule has 0 atom stereocenters. The number of hydrogen-bond donors (Lipinski definition) is 1. The SMILES string of the molecule is COCc1c(CN)nnn1-c1cccc(SC)c1. The second kappa shape index (κ2) is 5.99. The largest absolute Gasteiger partial charge is 0.378 e. The highest BCUT2D eigenvalue weighted by atomic mass is 32.2. The van der Waals surface area contributed by atoms with Gasteiger partial charge in [0.15, 0.2) is 0 Å². The third kappa shape index (κ3) is 2.55. The van der Waals surface area contributed by atoms with Gasteiger partial charge in [0.25, 0.3) is 0 Å². The van der Waals surface area contributed by atoms with Gasteiger partial charge in [-0.25, -0.2) is 4.68 Å². The van der Waals surface area contributed by atoms with Crippen LogP contribution in [-0.4, -0.2) is 28.4 Å². The Labute approximate surface area is 110 Å². The Kier molecular flexibility index (Phi) is 4.35. The van der Waals surface area contributed by atoms with Crippen molar-refractivity contribution in [2.75, 3.05) is 13.4 Å².